The van der Waals surface area contributed by atoms with Gasteiger partial charge in [0.05, 0.1) is 51.9 Å². The molecule has 0 aromatic heterocycles. The molecule has 1 atom stereocenters. The lowest BCUT2D eigenvalue weighted by atomic mass is 9.98. The molecule has 17 nitrogen and oxygen atoms in total. The van der Waals surface area contributed by atoms with Crippen LogP contribution >= 0.6 is 0 Å². The average Bonchev–Trinajstić information content (AvgIpc) is 3.22. The van der Waals surface area contributed by atoms with Crippen LogP contribution < -0.4 is 26.7 Å². The van der Waals surface area contributed by atoms with Crippen LogP contribution in [0.4, 0.5) is 9.59 Å². The molecule has 7 N–H and O–H groups in total. The zero-order chi connectivity index (χ0) is 40.5. The number of amides is 4. The normalized spacial score (nSPS) is 14.4. The van der Waals surface area contributed by atoms with E-state index >= 15 is 0 Å². The minimum absolute atomic E-state index is 0.0385. The smallest absolute Gasteiger partial charge is 0.417 e. The van der Waals surface area contributed by atoms with Crippen LogP contribution in [-0.4, -0.2) is 100 Å². The van der Waals surface area contributed by atoms with Gasteiger partial charge >= 0.3 is 12.2 Å². The third-order valence-electron chi connectivity index (χ3n) is 8.93. The Bertz CT molecular complexity index is 2460. The van der Waals surface area contributed by atoms with Crippen molar-refractivity contribution in [2.75, 3.05) is 39.3 Å². The Morgan fingerprint density at radius 2 is 1.23 bits per heavy atom. The highest BCUT2D eigenvalue weighted by Crippen LogP contribution is 2.46. The number of carbonyl (C=O) groups excluding carboxylic acids is 5. The van der Waals surface area contributed by atoms with Crippen LogP contribution in [0.2, 0.25) is 0 Å². The number of nitrogens with one attached hydrogen (secondary N) is 3. The summed E-state index contributed by atoms with van der Waals surface area (Å²) in [6.07, 6.45) is -2.15. The fourth-order valence-electron chi connectivity index (χ4n) is 6.15. The van der Waals surface area contributed by atoms with Crippen molar-refractivity contribution in [2.45, 2.75) is 19.3 Å². The number of ether oxygens (including phenoxy) is 2. The van der Waals surface area contributed by atoms with Crippen molar-refractivity contribution in [2.24, 2.45) is 9.98 Å². The molecule has 0 radical (unpaired) electrons. The highest BCUT2D eigenvalue weighted by Gasteiger charge is 2.33. The summed E-state index contributed by atoms with van der Waals surface area (Å²) in [6.45, 7) is -2.37. The third-order valence-corrected chi connectivity index (χ3v) is 8.93. The van der Waals surface area contributed by atoms with Crippen LogP contribution in [0.1, 0.15) is 11.1 Å². The lowest BCUT2D eigenvalue weighted by molar-refractivity contribution is -0.137. The quantitative estimate of drug-likeness (QED) is 0.0490. The number of nitrogens with zero attached hydrogens (tertiary/aromatic N) is 3. The van der Waals surface area contributed by atoms with Crippen molar-refractivity contribution in [3.8, 4) is 23.0 Å². The maximum atomic E-state index is 13.8. The zero-order valence-electron chi connectivity index (χ0n) is 30.3. The molecule has 4 amide bonds. The number of aromatic hydroxyl groups is 4. The number of hydrogen-bond acceptors (Lipinski definition) is 14. The van der Waals surface area contributed by atoms with E-state index in [1.807, 2.05) is 0 Å². The predicted molar refractivity (Wildman–Crippen MR) is 203 cm³/mol. The van der Waals surface area contributed by atoms with Crippen molar-refractivity contribution in [1.29, 1.82) is 0 Å². The Kier molecular flexibility index (Phi) is 12.4. The molecule has 2 heterocycles. The molecule has 5 aromatic rings. The van der Waals surface area contributed by atoms with Crippen LogP contribution in [-0.2, 0) is 37.1 Å². The minimum Gasteiger partial charge on any atom is -0.507 e. The SMILES string of the molecule is O=C(NCC(=O)N(CC(=O)C1NCCN=c2ccc(c3c(O)c4c(O)ccc(O)c4c(O)c23)=NCCNC1=O)C(=O)OCc1ccccc1)OCc1ccccc1. The number of carbonyl (C=O) groups is 5. The molecule has 7 rings (SSSR count). The second-order valence-corrected chi connectivity index (χ2v) is 12.7. The molecule has 0 spiro atoms. The summed E-state index contributed by atoms with van der Waals surface area (Å²) in [5.41, 5.74) is 1.30. The van der Waals surface area contributed by atoms with E-state index in [0.29, 0.717) is 16.0 Å². The van der Waals surface area contributed by atoms with Gasteiger partial charge < -0.3 is 40.5 Å². The second-order valence-electron chi connectivity index (χ2n) is 12.7. The molecular weight excluding hydrogens is 740 g/mol. The average molecular weight is 779 g/mol. The molecule has 0 aliphatic carbocycles. The standard InChI is InChI=1S/C40H38N6O11/c47-27-13-14-28(48)34-33(27)36(51)31-25-11-12-26(32(31)37(34)52)42-16-18-44-38(53)35(43-17-15-41-25)29(49)20-46(40(55)57-22-24-9-5-2-6-10-24)30(50)19-45-39(54)56-21-23-7-3-1-4-8-23/h1-14,35,43,47-48,51-52H,15-22H2,(H,44,53)(H,45,54). The van der Waals surface area contributed by atoms with Crippen molar-refractivity contribution in [1.82, 2.24) is 20.9 Å². The zero-order valence-corrected chi connectivity index (χ0v) is 30.3. The van der Waals surface area contributed by atoms with Gasteiger partial charge in [-0.3, -0.25) is 29.7 Å². The molecule has 0 fully saturated rings. The number of imide groups is 1. The summed E-state index contributed by atoms with van der Waals surface area (Å²) in [4.78, 5) is 75.7. The van der Waals surface area contributed by atoms with E-state index in [2.05, 4.69) is 25.9 Å². The van der Waals surface area contributed by atoms with Gasteiger partial charge in [0.15, 0.2) is 5.78 Å². The number of alkyl carbamates (subject to hydrolysis) is 1. The highest BCUT2D eigenvalue weighted by atomic mass is 16.6. The predicted octanol–water partition coefficient (Wildman–Crippen LogP) is 1.80. The Balaban J connectivity index is 1.22. The van der Waals surface area contributed by atoms with Gasteiger partial charge in [-0.15, -0.1) is 0 Å². The van der Waals surface area contributed by atoms with Crippen LogP contribution in [0.25, 0.3) is 21.5 Å². The molecule has 17 heteroatoms. The Morgan fingerprint density at radius 3 is 1.79 bits per heavy atom. The molecule has 2 aliphatic rings. The monoisotopic (exact) mass is 778 g/mol. The largest absolute Gasteiger partial charge is 0.507 e. The van der Waals surface area contributed by atoms with Gasteiger partial charge in [-0.25, -0.2) is 14.5 Å². The third kappa shape index (κ3) is 9.17. The number of rotatable bonds is 9. The van der Waals surface area contributed by atoms with E-state index in [1.165, 1.54) is 18.2 Å². The molecular formula is C40H38N6O11. The fourth-order valence-corrected chi connectivity index (χ4v) is 6.15. The van der Waals surface area contributed by atoms with Crippen molar-refractivity contribution in [3.05, 3.63) is 107 Å². The summed E-state index contributed by atoms with van der Waals surface area (Å²) in [7, 11) is 0. The van der Waals surface area contributed by atoms with Gasteiger partial charge in [0.25, 0.3) is 5.91 Å². The number of fused-ring (bicyclic) bond motifs is 11. The molecule has 5 aromatic carbocycles. The number of phenolic OH excluding ortho intramolecular Hbond substituents is 4. The van der Waals surface area contributed by atoms with E-state index < -0.39 is 71.9 Å². The lowest BCUT2D eigenvalue weighted by Crippen LogP contribution is -2.55. The molecule has 0 saturated carbocycles. The summed E-state index contributed by atoms with van der Waals surface area (Å²) in [6, 6.07) is 21.2. The first-order valence-corrected chi connectivity index (χ1v) is 17.7. The van der Waals surface area contributed by atoms with E-state index in [9.17, 15) is 44.4 Å². The van der Waals surface area contributed by atoms with Gasteiger partial charge in [-0.2, -0.15) is 0 Å². The minimum atomic E-state index is -1.59. The van der Waals surface area contributed by atoms with Gasteiger partial charge in [0.2, 0.25) is 5.91 Å². The summed E-state index contributed by atoms with van der Waals surface area (Å²) in [5, 5.41) is 51.4. The van der Waals surface area contributed by atoms with E-state index in [1.54, 1.807) is 66.7 Å². The maximum Gasteiger partial charge on any atom is 0.417 e. The first-order valence-electron chi connectivity index (χ1n) is 17.7. The van der Waals surface area contributed by atoms with Gasteiger partial charge in [-0.05, 0) is 35.4 Å². The van der Waals surface area contributed by atoms with E-state index in [-0.39, 0.29) is 71.7 Å². The van der Waals surface area contributed by atoms with Gasteiger partial charge in [-0.1, -0.05) is 60.7 Å². The van der Waals surface area contributed by atoms with Crippen LogP contribution in [0.15, 0.2) is 94.9 Å². The van der Waals surface area contributed by atoms with Crippen LogP contribution in [0, 0.1) is 0 Å². The van der Waals surface area contributed by atoms with Gasteiger partial charge in [0.1, 0.15) is 48.8 Å². The fraction of sp³-hybridized carbons (Fsp3) is 0.225. The van der Waals surface area contributed by atoms with E-state index in [4.69, 9.17) is 9.47 Å². The van der Waals surface area contributed by atoms with Gasteiger partial charge in [0, 0.05) is 13.1 Å². The molecule has 294 valence electrons. The molecule has 2 aliphatic heterocycles. The molecule has 2 bridgehead atoms. The van der Waals surface area contributed by atoms with Crippen LogP contribution in [0.3, 0.4) is 0 Å². The van der Waals surface area contributed by atoms with Crippen molar-refractivity contribution >= 4 is 51.3 Å². The Morgan fingerprint density at radius 1 is 0.702 bits per heavy atom. The Hall–Kier alpha value is -7.27. The molecule has 0 saturated heterocycles. The number of hydrogen-bond donors (Lipinski definition) is 7. The number of ketones is 1. The molecule has 57 heavy (non-hydrogen) atoms. The number of Topliss-reactive ketones (excluding diaryl/α,β-unsaturated/α-hetero) is 1. The molecule has 1 unspecified atom stereocenters. The van der Waals surface area contributed by atoms with Crippen LogP contribution in [0.5, 0.6) is 23.0 Å². The Labute approximate surface area is 323 Å². The lowest BCUT2D eigenvalue weighted by Gasteiger charge is -2.23. The first kappa shape index (κ1) is 39.4. The van der Waals surface area contributed by atoms with Crippen molar-refractivity contribution in [3.63, 3.8) is 0 Å². The summed E-state index contributed by atoms with van der Waals surface area (Å²) in [5.74, 6) is -4.43. The maximum absolute atomic E-state index is 13.8. The first-order chi connectivity index (χ1) is 27.5. The number of phenols is 4. The second kappa shape index (κ2) is 17.9. The van der Waals surface area contributed by atoms with Crippen molar-refractivity contribution < 1.29 is 53.9 Å². The van der Waals surface area contributed by atoms with E-state index in [0.717, 1.165) is 0 Å². The summed E-state index contributed by atoms with van der Waals surface area (Å²) < 4.78 is 10.5. The topological polar surface area (TPSA) is 249 Å². The number of benzene rings is 5. The summed E-state index contributed by atoms with van der Waals surface area (Å²) >= 11 is 0. The highest BCUT2D eigenvalue weighted by molar-refractivity contribution is 6.14.